The zero-order valence-electron chi connectivity index (χ0n) is 9.24. The zero-order valence-corrected chi connectivity index (χ0v) is 9.24. The SMILES string of the molecule is CCc1nccn1CC1(O)CCNCC1. The maximum Gasteiger partial charge on any atom is 0.108 e. The molecule has 15 heavy (non-hydrogen) atoms. The molecule has 2 N–H and O–H groups in total. The van der Waals surface area contributed by atoms with Gasteiger partial charge in [-0.05, 0) is 25.9 Å². The van der Waals surface area contributed by atoms with Crippen LogP contribution in [0, 0.1) is 0 Å². The minimum absolute atomic E-state index is 0.546. The highest BCUT2D eigenvalue weighted by molar-refractivity contribution is 4.95. The normalized spacial score (nSPS) is 20.4. The molecule has 1 aliphatic heterocycles. The number of imidazole rings is 1. The lowest BCUT2D eigenvalue weighted by Crippen LogP contribution is -2.44. The van der Waals surface area contributed by atoms with Gasteiger partial charge in [0.2, 0.25) is 0 Å². The Bertz CT molecular complexity index is 315. The van der Waals surface area contributed by atoms with Crippen molar-refractivity contribution in [3.8, 4) is 0 Å². The molecule has 1 aliphatic rings. The Morgan fingerprint density at radius 3 is 2.93 bits per heavy atom. The monoisotopic (exact) mass is 209 g/mol. The fourth-order valence-electron chi connectivity index (χ4n) is 2.17. The van der Waals surface area contributed by atoms with E-state index in [2.05, 4.69) is 21.8 Å². The second-order valence-electron chi connectivity index (χ2n) is 4.30. The van der Waals surface area contributed by atoms with Crippen LogP contribution in [0.2, 0.25) is 0 Å². The molecule has 0 unspecified atom stereocenters. The number of hydrogen-bond donors (Lipinski definition) is 2. The molecular weight excluding hydrogens is 190 g/mol. The molecule has 4 heteroatoms. The van der Waals surface area contributed by atoms with Crippen molar-refractivity contribution in [2.75, 3.05) is 13.1 Å². The highest BCUT2D eigenvalue weighted by atomic mass is 16.3. The smallest absolute Gasteiger partial charge is 0.108 e. The van der Waals surface area contributed by atoms with E-state index in [1.165, 1.54) is 0 Å². The molecule has 1 aromatic rings. The summed E-state index contributed by atoms with van der Waals surface area (Å²) in [7, 11) is 0. The van der Waals surface area contributed by atoms with E-state index < -0.39 is 5.60 Å². The van der Waals surface area contributed by atoms with E-state index >= 15 is 0 Å². The third kappa shape index (κ3) is 2.38. The molecule has 0 radical (unpaired) electrons. The van der Waals surface area contributed by atoms with Gasteiger partial charge in [0, 0.05) is 18.8 Å². The molecule has 4 nitrogen and oxygen atoms in total. The second-order valence-corrected chi connectivity index (χ2v) is 4.30. The van der Waals surface area contributed by atoms with Crippen molar-refractivity contribution in [1.29, 1.82) is 0 Å². The number of nitrogens with one attached hydrogen (secondary N) is 1. The van der Waals surface area contributed by atoms with E-state index in [-0.39, 0.29) is 0 Å². The summed E-state index contributed by atoms with van der Waals surface area (Å²) in [6, 6.07) is 0. The first kappa shape index (κ1) is 10.6. The van der Waals surface area contributed by atoms with E-state index in [9.17, 15) is 5.11 Å². The standard InChI is InChI=1S/C11H19N3O/c1-2-10-13-7-8-14(10)9-11(15)3-5-12-6-4-11/h7-8,12,15H,2-6,9H2,1H3. The summed E-state index contributed by atoms with van der Waals surface area (Å²) in [5.41, 5.74) is -0.546. The summed E-state index contributed by atoms with van der Waals surface area (Å²) in [6.45, 7) is 4.59. The van der Waals surface area contributed by atoms with E-state index in [1.54, 1.807) is 0 Å². The van der Waals surface area contributed by atoms with Crippen LogP contribution in [0.3, 0.4) is 0 Å². The number of aryl methyl sites for hydroxylation is 1. The van der Waals surface area contributed by atoms with Crippen LogP contribution in [0.25, 0.3) is 0 Å². The molecule has 1 fully saturated rings. The third-order valence-corrected chi connectivity index (χ3v) is 3.12. The lowest BCUT2D eigenvalue weighted by molar-refractivity contribution is -0.00597. The Hall–Kier alpha value is -0.870. The fourth-order valence-corrected chi connectivity index (χ4v) is 2.17. The van der Waals surface area contributed by atoms with Gasteiger partial charge in [-0.25, -0.2) is 4.98 Å². The van der Waals surface area contributed by atoms with Crippen LogP contribution >= 0.6 is 0 Å². The quantitative estimate of drug-likeness (QED) is 0.765. The van der Waals surface area contributed by atoms with Crippen molar-refractivity contribution in [3.05, 3.63) is 18.2 Å². The molecular formula is C11H19N3O. The topological polar surface area (TPSA) is 50.1 Å². The number of aliphatic hydroxyl groups is 1. The van der Waals surface area contributed by atoms with Crippen molar-refractivity contribution in [2.45, 2.75) is 38.3 Å². The Labute approximate surface area is 90.3 Å². The van der Waals surface area contributed by atoms with Crippen LogP contribution in [-0.2, 0) is 13.0 Å². The Morgan fingerprint density at radius 2 is 2.27 bits per heavy atom. The maximum absolute atomic E-state index is 10.4. The lowest BCUT2D eigenvalue weighted by Gasteiger charge is -2.33. The van der Waals surface area contributed by atoms with Crippen LogP contribution in [0.15, 0.2) is 12.4 Å². The summed E-state index contributed by atoms with van der Waals surface area (Å²) >= 11 is 0. The minimum Gasteiger partial charge on any atom is -0.388 e. The molecule has 0 amide bonds. The largest absolute Gasteiger partial charge is 0.388 e. The van der Waals surface area contributed by atoms with Crippen LogP contribution in [0.4, 0.5) is 0 Å². The number of hydrogen-bond acceptors (Lipinski definition) is 3. The van der Waals surface area contributed by atoms with Gasteiger partial charge in [-0.15, -0.1) is 0 Å². The van der Waals surface area contributed by atoms with Gasteiger partial charge in [0.15, 0.2) is 0 Å². The Kier molecular flexibility index (Phi) is 3.07. The fraction of sp³-hybridized carbons (Fsp3) is 0.727. The molecule has 0 aliphatic carbocycles. The Balaban J connectivity index is 2.06. The predicted molar refractivity (Wildman–Crippen MR) is 58.7 cm³/mol. The predicted octanol–water partition coefficient (Wildman–Crippen LogP) is 0.560. The van der Waals surface area contributed by atoms with Gasteiger partial charge < -0.3 is 15.0 Å². The van der Waals surface area contributed by atoms with Gasteiger partial charge in [-0.2, -0.15) is 0 Å². The second kappa shape index (κ2) is 4.33. The third-order valence-electron chi connectivity index (χ3n) is 3.12. The Morgan fingerprint density at radius 1 is 1.53 bits per heavy atom. The number of aromatic nitrogens is 2. The van der Waals surface area contributed by atoms with Crippen molar-refractivity contribution >= 4 is 0 Å². The highest BCUT2D eigenvalue weighted by Gasteiger charge is 2.29. The van der Waals surface area contributed by atoms with E-state index in [4.69, 9.17) is 0 Å². The lowest BCUT2D eigenvalue weighted by atomic mass is 9.92. The number of piperidine rings is 1. The first-order chi connectivity index (χ1) is 7.23. The molecule has 2 rings (SSSR count). The molecule has 84 valence electrons. The average Bonchev–Trinajstić information content (AvgIpc) is 2.65. The highest BCUT2D eigenvalue weighted by Crippen LogP contribution is 2.20. The van der Waals surface area contributed by atoms with Gasteiger partial charge in [0.05, 0.1) is 12.1 Å². The van der Waals surface area contributed by atoms with Gasteiger partial charge in [0.1, 0.15) is 5.82 Å². The molecule has 0 saturated carbocycles. The van der Waals surface area contributed by atoms with Crippen molar-refractivity contribution < 1.29 is 5.11 Å². The van der Waals surface area contributed by atoms with Crippen LogP contribution in [0.1, 0.15) is 25.6 Å². The summed E-state index contributed by atoms with van der Waals surface area (Å²) in [6.07, 6.45) is 6.34. The van der Waals surface area contributed by atoms with Crippen LogP contribution in [0.5, 0.6) is 0 Å². The van der Waals surface area contributed by atoms with E-state index in [1.807, 2.05) is 12.4 Å². The average molecular weight is 209 g/mol. The van der Waals surface area contributed by atoms with Crippen molar-refractivity contribution in [3.63, 3.8) is 0 Å². The van der Waals surface area contributed by atoms with Crippen LogP contribution in [-0.4, -0.2) is 33.3 Å². The minimum atomic E-state index is -0.546. The van der Waals surface area contributed by atoms with E-state index in [0.717, 1.165) is 38.2 Å². The molecule has 2 heterocycles. The molecule has 1 saturated heterocycles. The summed E-state index contributed by atoms with van der Waals surface area (Å²) < 4.78 is 2.07. The summed E-state index contributed by atoms with van der Waals surface area (Å²) in [5.74, 6) is 1.06. The molecule has 0 atom stereocenters. The summed E-state index contributed by atoms with van der Waals surface area (Å²) in [4.78, 5) is 4.27. The molecule has 0 aromatic carbocycles. The van der Waals surface area contributed by atoms with Crippen molar-refractivity contribution in [2.24, 2.45) is 0 Å². The first-order valence-electron chi connectivity index (χ1n) is 5.67. The van der Waals surface area contributed by atoms with Crippen LogP contribution < -0.4 is 5.32 Å². The van der Waals surface area contributed by atoms with Gasteiger partial charge in [-0.1, -0.05) is 6.92 Å². The van der Waals surface area contributed by atoms with E-state index in [0.29, 0.717) is 6.54 Å². The summed E-state index contributed by atoms with van der Waals surface area (Å²) in [5, 5.41) is 13.6. The van der Waals surface area contributed by atoms with Gasteiger partial charge in [-0.3, -0.25) is 0 Å². The van der Waals surface area contributed by atoms with Gasteiger partial charge in [0.25, 0.3) is 0 Å². The molecule has 0 bridgehead atoms. The first-order valence-corrected chi connectivity index (χ1v) is 5.67. The maximum atomic E-state index is 10.4. The molecule has 1 aromatic heterocycles. The molecule has 0 spiro atoms. The van der Waals surface area contributed by atoms with Crippen molar-refractivity contribution in [1.82, 2.24) is 14.9 Å². The number of rotatable bonds is 3. The number of nitrogens with zero attached hydrogens (tertiary/aromatic N) is 2. The van der Waals surface area contributed by atoms with Gasteiger partial charge >= 0.3 is 0 Å². The zero-order chi connectivity index (χ0) is 10.7.